The van der Waals surface area contributed by atoms with Crippen LogP contribution in [0.4, 0.5) is 0 Å². The van der Waals surface area contributed by atoms with Crippen LogP contribution in [0.15, 0.2) is 0 Å². The van der Waals surface area contributed by atoms with E-state index in [1.807, 2.05) is 13.8 Å². The second-order valence-electron chi connectivity index (χ2n) is 6.16. The number of fused-ring (bicyclic) bond motifs is 1. The lowest BCUT2D eigenvalue weighted by Crippen LogP contribution is -2.44. The molecular weight excluding hydrogens is 216 g/mol. The topological polar surface area (TPSA) is 49.4 Å². The summed E-state index contributed by atoms with van der Waals surface area (Å²) in [5, 5.41) is 3.32. The van der Waals surface area contributed by atoms with Crippen LogP contribution in [0.1, 0.15) is 33.1 Å². The molecule has 1 saturated carbocycles. The summed E-state index contributed by atoms with van der Waals surface area (Å²) in [5.74, 6) is 0.145. The Morgan fingerprint density at radius 2 is 1.76 bits per heavy atom. The number of nitrogens with zero attached hydrogens (tertiary/aromatic N) is 1. The van der Waals surface area contributed by atoms with E-state index < -0.39 is 0 Å². The Balaban J connectivity index is 1.77. The molecule has 0 radical (unpaired) electrons. The molecule has 3 rings (SSSR count). The van der Waals surface area contributed by atoms with Crippen LogP contribution in [-0.2, 0) is 9.59 Å². The number of rotatable bonds is 1. The third-order valence-electron chi connectivity index (χ3n) is 4.74. The SMILES string of the molecule is CC1(C)C2C(=O)N(C3CCCNCC3)C(=O)C21. The molecule has 3 aliphatic rings. The first-order valence-electron chi connectivity index (χ1n) is 6.63. The van der Waals surface area contributed by atoms with Crippen LogP contribution >= 0.6 is 0 Å². The van der Waals surface area contributed by atoms with Gasteiger partial charge in [-0.2, -0.15) is 0 Å². The normalized spacial score (nSPS) is 40.1. The molecule has 1 aliphatic carbocycles. The fraction of sp³-hybridized carbons (Fsp3) is 0.846. The van der Waals surface area contributed by atoms with Gasteiger partial charge in [0.15, 0.2) is 0 Å². The second kappa shape index (κ2) is 3.55. The van der Waals surface area contributed by atoms with Gasteiger partial charge >= 0.3 is 0 Å². The maximum absolute atomic E-state index is 12.3. The van der Waals surface area contributed by atoms with E-state index in [0.717, 1.165) is 32.4 Å². The van der Waals surface area contributed by atoms with Crippen molar-refractivity contribution in [2.75, 3.05) is 13.1 Å². The molecule has 4 nitrogen and oxygen atoms in total. The molecule has 3 atom stereocenters. The zero-order valence-electron chi connectivity index (χ0n) is 10.5. The molecule has 3 fully saturated rings. The predicted octanol–water partition coefficient (Wildman–Crippen LogP) is 0.769. The van der Waals surface area contributed by atoms with E-state index in [2.05, 4.69) is 5.32 Å². The monoisotopic (exact) mass is 236 g/mol. The molecule has 0 aromatic heterocycles. The largest absolute Gasteiger partial charge is 0.317 e. The van der Waals surface area contributed by atoms with Crippen LogP contribution in [0.3, 0.4) is 0 Å². The number of likely N-dealkylation sites (tertiary alicyclic amines) is 1. The average molecular weight is 236 g/mol. The molecule has 2 amide bonds. The molecule has 4 heteroatoms. The lowest BCUT2D eigenvalue weighted by atomic mass is 10.0. The van der Waals surface area contributed by atoms with E-state index in [1.165, 1.54) is 0 Å². The van der Waals surface area contributed by atoms with E-state index in [1.54, 1.807) is 4.90 Å². The first-order chi connectivity index (χ1) is 8.05. The van der Waals surface area contributed by atoms with Crippen LogP contribution in [0.2, 0.25) is 0 Å². The molecule has 1 N–H and O–H groups in total. The highest BCUT2D eigenvalue weighted by Crippen LogP contribution is 2.63. The van der Waals surface area contributed by atoms with Crippen molar-refractivity contribution in [2.24, 2.45) is 17.3 Å². The van der Waals surface area contributed by atoms with E-state index in [9.17, 15) is 9.59 Å². The highest BCUT2D eigenvalue weighted by Gasteiger charge is 2.72. The number of hydrogen-bond acceptors (Lipinski definition) is 3. The molecule has 0 spiro atoms. The summed E-state index contributed by atoms with van der Waals surface area (Å²) in [5.41, 5.74) is -0.0757. The van der Waals surface area contributed by atoms with Crippen molar-refractivity contribution < 1.29 is 9.59 Å². The Morgan fingerprint density at radius 1 is 1.12 bits per heavy atom. The summed E-state index contributed by atoms with van der Waals surface area (Å²) in [6, 6.07) is 0.147. The lowest BCUT2D eigenvalue weighted by Gasteiger charge is -2.28. The van der Waals surface area contributed by atoms with Crippen molar-refractivity contribution in [1.82, 2.24) is 10.2 Å². The Morgan fingerprint density at radius 3 is 2.41 bits per heavy atom. The second-order valence-corrected chi connectivity index (χ2v) is 6.16. The number of carbonyl (C=O) groups excluding carboxylic acids is 2. The number of carbonyl (C=O) groups is 2. The van der Waals surface area contributed by atoms with Crippen molar-refractivity contribution in [1.29, 1.82) is 0 Å². The summed E-state index contributed by atoms with van der Waals surface area (Å²) in [7, 11) is 0. The minimum atomic E-state index is -0.0757. The van der Waals surface area contributed by atoms with Crippen LogP contribution in [0.25, 0.3) is 0 Å². The van der Waals surface area contributed by atoms with Crippen molar-refractivity contribution in [3.63, 3.8) is 0 Å². The molecule has 2 aliphatic heterocycles. The van der Waals surface area contributed by atoms with Crippen molar-refractivity contribution in [3.05, 3.63) is 0 Å². The molecule has 0 bridgehead atoms. The summed E-state index contributed by atoms with van der Waals surface area (Å²) in [4.78, 5) is 26.1. The van der Waals surface area contributed by atoms with Crippen molar-refractivity contribution in [2.45, 2.75) is 39.2 Å². The first-order valence-corrected chi connectivity index (χ1v) is 6.63. The predicted molar refractivity (Wildman–Crippen MR) is 63.1 cm³/mol. The van der Waals surface area contributed by atoms with Gasteiger partial charge in [0.25, 0.3) is 0 Å². The summed E-state index contributed by atoms with van der Waals surface area (Å²) in [6.45, 7) is 5.99. The van der Waals surface area contributed by atoms with E-state index in [0.29, 0.717) is 0 Å². The number of piperidine rings is 1. The van der Waals surface area contributed by atoms with Gasteiger partial charge in [-0.15, -0.1) is 0 Å². The Hall–Kier alpha value is -0.900. The molecule has 3 unspecified atom stereocenters. The fourth-order valence-corrected chi connectivity index (χ4v) is 3.59. The Kier molecular flexibility index (Phi) is 2.34. The van der Waals surface area contributed by atoms with Crippen molar-refractivity contribution >= 4 is 11.8 Å². The van der Waals surface area contributed by atoms with Gasteiger partial charge in [-0.05, 0) is 37.8 Å². The lowest BCUT2D eigenvalue weighted by molar-refractivity contribution is -0.146. The van der Waals surface area contributed by atoms with Gasteiger partial charge in [0, 0.05) is 6.04 Å². The number of hydrogen-bond donors (Lipinski definition) is 1. The maximum Gasteiger partial charge on any atom is 0.233 e. The highest BCUT2D eigenvalue weighted by atomic mass is 16.2. The molecule has 0 aromatic rings. The number of amides is 2. The van der Waals surface area contributed by atoms with Gasteiger partial charge in [-0.3, -0.25) is 14.5 Å². The van der Waals surface area contributed by atoms with Gasteiger partial charge < -0.3 is 5.32 Å². The molecule has 0 aromatic carbocycles. The molecule has 17 heavy (non-hydrogen) atoms. The number of imide groups is 1. The number of nitrogens with one attached hydrogen (secondary N) is 1. The van der Waals surface area contributed by atoms with Gasteiger partial charge in [0.1, 0.15) is 0 Å². The minimum absolute atomic E-state index is 0.0220. The quantitative estimate of drug-likeness (QED) is 0.684. The summed E-state index contributed by atoms with van der Waals surface area (Å²) >= 11 is 0. The van der Waals surface area contributed by atoms with Gasteiger partial charge in [-0.25, -0.2) is 0 Å². The molecule has 94 valence electrons. The third-order valence-corrected chi connectivity index (χ3v) is 4.74. The molecular formula is C13H20N2O2. The molecule has 2 saturated heterocycles. The van der Waals surface area contributed by atoms with E-state index >= 15 is 0 Å². The van der Waals surface area contributed by atoms with Crippen LogP contribution < -0.4 is 5.32 Å². The van der Waals surface area contributed by atoms with Gasteiger partial charge in [0.2, 0.25) is 11.8 Å². The van der Waals surface area contributed by atoms with Crippen LogP contribution in [0, 0.1) is 17.3 Å². The Labute approximate surface area is 102 Å². The summed E-state index contributed by atoms with van der Waals surface area (Å²) < 4.78 is 0. The van der Waals surface area contributed by atoms with Crippen molar-refractivity contribution in [3.8, 4) is 0 Å². The van der Waals surface area contributed by atoms with Gasteiger partial charge in [-0.1, -0.05) is 13.8 Å². The highest BCUT2D eigenvalue weighted by molar-refractivity contribution is 6.10. The van der Waals surface area contributed by atoms with Crippen LogP contribution in [0.5, 0.6) is 0 Å². The zero-order valence-corrected chi connectivity index (χ0v) is 10.5. The van der Waals surface area contributed by atoms with E-state index in [-0.39, 0.29) is 35.1 Å². The van der Waals surface area contributed by atoms with E-state index in [4.69, 9.17) is 0 Å². The standard InChI is InChI=1S/C13H20N2O2/c1-13(2)9-10(13)12(17)15(11(9)16)8-4-3-6-14-7-5-8/h8-10,14H,3-7H2,1-2H3. The zero-order chi connectivity index (χ0) is 12.2. The average Bonchev–Trinajstić information content (AvgIpc) is 2.84. The molecule has 2 heterocycles. The minimum Gasteiger partial charge on any atom is -0.317 e. The maximum atomic E-state index is 12.3. The fourth-order valence-electron chi connectivity index (χ4n) is 3.59. The van der Waals surface area contributed by atoms with Crippen LogP contribution in [-0.4, -0.2) is 35.8 Å². The summed E-state index contributed by atoms with van der Waals surface area (Å²) in [6.07, 6.45) is 2.93. The third kappa shape index (κ3) is 1.46. The smallest absolute Gasteiger partial charge is 0.233 e. The first kappa shape index (κ1) is 11.2. The Bertz CT molecular complexity index is 346. The van der Waals surface area contributed by atoms with Gasteiger partial charge in [0.05, 0.1) is 11.8 Å².